The molecule has 1 fully saturated rings. The van der Waals surface area contributed by atoms with Crippen LogP contribution in [0.1, 0.15) is 41.5 Å². The lowest BCUT2D eigenvalue weighted by atomic mass is 9.81. The van der Waals surface area contributed by atoms with Gasteiger partial charge in [0.05, 0.1) is 22.8 Å². The number of carbonyl (C=O) groups excluding carboxylic acids is 1. The average molecular weight is 474 g/mol. The van der Waals surface area contributed by atoms with Crippen molar-refractivity contribution < 1.29 is 35.5 Å². The van der Waals surface area contributed by atoms with Gasteiger partial charge in [-0.05, 0) is 31.9 Å². The van der Waals surface area contributed by atoms with Crippen molar-refractivity contribution in [3.8, 4) is 0 Å². The van der Waals surface area contributed by atoms with Gasteiger partial charge in [-0.3, -0.25) is 4.68 Å². The van der Waals surface area contributed by atoms with Gasteiger partial charge in [-0.1, -0.05) is 24.8 Å². The first-order valence-electron chi connectivity index (χ1n) is 9.81. The summed E-state index contributed by atoms with van der Waals surface area (Å²) in [5, 5.41) is -0.454. The van der Waals surface area contributed by atoms with E-state index in [9.17, 15) is 22.0 Å². The molecule has 1 heterocycles. The molecule has 0 amide bonds. The van der Waals surface area contributed by atoms with Gasteiger partial charge < -0.3 is 4.74 Å². The number of ether oxygens (including phenoxy) is 1. The van der Waals surface area contributed by atoms with E-state index < -0.39 is 61.9 Å². The molecule has 0 unspecified atom stereocenters. The van der Waals surface area contributed by atoms with Gasteiger partial charge in [-0.2, -0.15) is 13.9 Å². The molecule has 6 nitrogen and oxygen atoms in total. The molecule has 174 valence electrons. The topological polar surface area (TPSA) is 78.3 Å². The van der Waals surface area contributed by atoms with Crippen molar-refractivity contribution in [2.75, 3.05) is 6.61 Å². The molecule has 0 radical (unpaired) electrons. The molecule has 0 spiro atoms. The minimum absolute atomic E-state index is 0.0141. The lowest BCUT2D eigenvalue weighted by molar-refractivity contribution is -0.114. The van der Waals surface area contributed by atoms with Gasteiger partial charge in [0.15, 0.2) is 0 Å². The third-order valence-electron chi connectivity index (χ3n) is 5.29. The van der Waals surface area contributed by atoms with Crippen LogP contribution in [0, 0.1) is 12.8 Å². The normalized spacial score (nSPS) is 16.4. The smallest absolute Gasteiger partial charge is 0.376 e. The Balaban J connectivity index is 2.02. The van der Waals surface area contributed by atoms with Crippen molar-refractivity contribution in [3.05, 3.63) is 53.9 Å². The van der Waals surface area contributed by atoms with Gasteiger partial charge in [0, 0.05) is 24.9 Å². The maximum Gasteiger partial charge on any atom is 0.376 e. The van der Waals surface area contributed by atoms with Crippen LogP contribution in [0.5, 0.6) is 0 Å². The van der Waals surface area contributed by atoms with E-state index in [2.05, 4.69) is 11.7 Å². The predicted octanol–water partition coefficient (Wildman–Crippen LogP) is 4.49. The number of hydrogen-bond acceptors (Lipinski definition) is 5. The SMILES string of the molecule is C=C(c1nn(CC2CC(F)(F)C2)c(C(=O)OCC)c1C)C(F)(F)S(=O)(=O)c1ccccc1. The van der Waals surface area contributed by atoms with E-state index in [1.165, 1.54) is 25.1 Å². The highest BCUT2D eigenvalue weighted by atomic mass is 32.2. The van der Waals surface area contributed by atoms with Gasteiger partial charge >= 0.3 is 11.2 Å². The number of alkyl halides is 4. The van der Waals surface area contributed by atoms with Gasteiger partial charge in [0.2, 0.25) is 15.8 Å². The molecule has 2 aromatic rings. The number of hydrogen-bond donors (Lipinski definition) is 0. The fraction of sp³-hybridized carbons (Fsp3) is 0.429. The van der Waals surface area contributed by atoms with E-state index in [1.807, 2.05) is 0 Å². The van der Waals surface area contributed by atoms with E-state index >= 15 is 8.78 Å². The molecule has 0 saturated heterocycles. The maximum absolute atomic E-state index is 15.1. The number of carbonyl (C=O) groups is 1. The highest BCUT2D eigenvalue weighted by Gasteiger charge is 2.51. The zero-order chi connectivity index (χ0) is 23.9. The van der Waals surface area contributed by atoms with Crippen LogP contribution in [-0.4, -0.2) is 42.0 Å². The fourth-order valence-corrected chi connectivity index (χ4v) is 4.87. The number of aromatic nitrogens is 2. The van der Waals surface area contributed by atoms with Crippen molar-refractivity contribution in [3.63, 3.8) is 0 Å². The largest absolute Gasteiger partial charge is 0.461 e. The van der Waals surface area contributed by atoms with Crippen LogP contribution < -0.4 is 0 Å². The second-order valence-electron chi connectivity index (χ2n) is 7.67. The quantitative estimate of drug-likeness (QED) is 0.416. The summed E-state index contributed by atoms with van der Waals surface area (Å²) in [5.74, 6) is -4.22. The van der Waals surface area contributed by atoms with Crippen molar-refractivity contribution >= 4 is 21.4 Å². The molecule has 1 aliphatic rings. The van der Waals surface area contributed by atoms with E-state index in [0.29, 0.717) is 0 Å². The molecule has 1 aliphatic carbocycles. The summed E-state index contributed by atoms with van der Waals surface area (Å²) in [6, 6.07) is 6.15. The minimum atomic E-state index is -5.17. The molecule has 0 bridgehead atoms. The third-order valence-corrected chi connectivity index (χ3v) is 7.11. The van der Waals surface area contributed by atoms with Crippen LogP contribution in [0.25, 0.3) is 5.57 Å². The van der Waals surface area contributed by atoms with Crippen LogP contribution in [0.3, 0.4) is 0 Å². The lowest BCUT2D eigenvalue weighted by Crippen LogP contribution is -2.38. The van der Waals surface area contributed by atoms with E-state index in [4.69, 9.17) is 4.74 Å². The van der Waals surface area contributed by atoms with Crippen LogP contribution in [-0.2, 0) is 21.1 Å². The van der Waals surface area contributed by atoms with E-state index in [1.54, 1.807) is 6.92 Å². The Hall–Kier alpha value is -2.69. The highest BCUT2D eigenvalue weighted by molar-refractivity contribution is 7.93. The Bertz CT molecular complexity index is 1140. The molecule has 3 rings (SSSR count). The summed E-state index contributed by atoms with van der Waals surface area (Å²) in [7, 11) is -5.17. The Labute approximate surface area is 182 Å². The first-order valence-corrected chi connectivity index (χ1v) is 11.3. The molecule has 0 N–H and O–H groups in total. The first kappa shape index (κ1) is 24.0. The number of nitrogens with zero attached hydrogens (tertiary/aromatic N) is 2. The summed E-state index contributed by atoms with van der Waals surface area (Å²) in [4.78, 5) is 11.8. The van der Waals surface area contributed by atoms with Crippen molar-refractivity contribution in [1.29, 1.82) is 0 Å². The summed E-state index contributed by atoms with van der Waals surface area (Å²) in [5.41, 5.74) is -1.89. The number of benzene rings is 1. The summed E-state index contributed by atoms with van der Waals surface area (Å²) in [6.45, 7) is 5.97. The molecule has 1 aromatic heterocycles. The Kier molecular flexibility index (Phi) is 6.25. The number of rotatable bonds is 8. The molecule has 11 heteroatoms. The molecule has 32 heavy (non-hydrogen) atoms. The van der Waals surface area contributed by atoms with Crippen molar-refractivity contribution in [1.82, 2.24) is 9.78 Å². The monoisotopic (exact) mass is 474 g/mol. The molecular weight excluding hydrogens is 452 g/mol. The number of halogens is 4. The van der Waals surface area contributed by atoms with E-state index in [-0.39, 0.29) is 24.4 Å². The number of sulfone groups is 1. The third kappa shape index (κ3) is 4.17. The summed E-state index contributed by atoms with van der Waals surface area (Å²) >= 11 is 0. The zero-order valence-electron chi connectivity index (χ0n) is 17.4. The zero-order valence-corrected chi connectivity index (χ0v) is 18.3. The molecule has 0 atom stereocenters. The van der Waals surface area contributed by atoms with Crippen LogP contribution in [0.2, 0.25) is 0 Å². The van der Waals surface area contributed by atoms with Crippen molar-refractivity contribution in [2.45, 2.75) is 49.3 Å². The molecule has 0 aliphatic heterocycles. The number of esters is 1. The maximum atomic E-state index is 15.1. The lowest BCUT2D eigenvalue weighted by Gasteiger charge is -2.34. The van der Waals surface area contributed by atoms with E-state index in [0.717, 1.165) is 16.8 Å². The summed E-state index contributed by atoms with van der Waals surface area (Å²) < 4.78 is 87.9. The van der Waals surface area contributed by atoms with Crippen LogP contribution >= 0.6 is 0 Å². The Morgan fingerprint density at radius 2 is 1.88 bits per heavy atom. The predicted molar refractivity (Wildman–Crippen MR) is 108 cm³/mol. The van der Waals surface area contributed by atoms with Gasteiger partial charge in [-0.25, -0.2) is 22.0 Å². The van der Waals surface area contributed by atoms with Gasteiger partial charge in [-0.15, -0.1) is 0 Å². The van der Waals surface area contributed by atoms with Gasteiger partial charge in [0.25, 0.3) is 0 Å². The van der Waals surface area contributed by atoms with Gasteiger partial charge in [0.1, 0.15) is 5.69 Å². The minimum Gasteiger partial charge on any atom is -0.461 e. The second kappa shape index (κ2) is 8.34. The Morgan fingerprint density at radius 3 is 2.41 bits per heavy atom. The standard InChI is InChI=1S/C21H22F4N2O4S/c1-4-31-19(28)18-13(2)17(26-27(18)12-15-10-20(22,23)11-15)14(3)21(24,25)32(29,30)16-8-6-5-7-9-16/h5-9,15H,3-4,10-12H2,1-2H3. The fourth-order valence-electron chi connectivity index (χ4n) is 3.63. The van der Waals surface area contributed by atoms with Crippen molar-refractivity contribution in [2.24, 2.45) is 5.92 Å². The molecule has 1 saturated carbocycles. The molecule has 1 aromatic carbocycles. The second-order valence-corrected chi connectivity index (χ2v) is 9.66. The molecular formula is C21H22F4N2O4S. The average Bonchev–Trinajstić information content (AvgIpc) is 3.02. The van der Waals surface area contributed by atoms with Crippen LogP contribution in [0.4, 0.5) is 17.6 Å². The highest BCUT2D eigenvalue weighted by Crippen LogP contribution is 2.44. The summed E-state index contributed by atoms with van der Waals surface area (Å²) in [6.07, 6.45) is -0.855. The van der Waals surface area contributed by atoms with Crippen LogP contribution in [0.15, 0.2) is 41.8 Å². The first-order chi connectivity index (χ1) is 14.8. The Morgan fingerprint density at radius 1 is 1.28 bits per heavy atom.